The van der Waals surface area contributed by atoms with Crippen molar-refractivity contribution in [1.29, 1.82) is 0 Å². The molecule has 5 rings (SSSR count). The summed E-state index contributed by atoms with van der Waals surface area (Å²) in [7, 11) is -2.32. The standard InChI is InChI=1S/C26H37OP/c1-19-10-8-9-15-24(19)25-20-16-17-21(18-20)26(25)28(27,22-11-4-2-5-12-22)23-13-6-3-7-14-23/h8-10,15,20-23H,2-7,11-14,16-18H2,1H3. The van der Waals surface area contributed by atoms with Gasteiger partial charge >= 0.3 is 0 Å². The molecule has 0 amide bonds. The molecule has 2 heteroatoms. The Bertz CT molecular complexity index is 772. The van der Waals surface area contributed by atoms with Crippen LogP contribution in [-0.4, -0.2) is 11.3 Å². The molecule has 0 radical (unpaired) electrons. The Kier molecular flexibility index (Phi) is 5.33. The maximum atomic E-state index is 15.4. The van der Waals surface area contributed by atoms with Gasteiger partial charge in [-0.15, -0.1) is 0 Å². The fourth-order valence-corrected chi connectivity index (χ4v) is 12.4. The van der Waals surface area contributed by atoms with E-state index in [4.69, 9.17) is 0 Å². The first kappa shape index (κ1) is 19.2. The lowest BCUT2D eigenvalue weighted by Crippen LogP contribution is -2.26. The van der Waals surface area contributed by atoms with Crippen molar-refractivity contribution in [1.82, 2.24) is 0 Å². The first-order valence-corrected chi connectivity index (χ1v) is 13.9. The third kappa shape index (κ3) is 3.08. The fraction of sp³-hybridized carbons (Fsp3) is 0.692. The summed E-state index contributed by atoms with van der Waals surface area (Å²) < 4.78 is 15.4. The van der Waals surface area contributed by atoms with Gasteiger partial charge in [-0.3, -0.25) is 0 Å². The van der Waals surface area contributed by atoms with Crippen molar-refractivity contribution in [2.45, 2.75) is 102 Å². The Labute approximate surface area is 171 Å². The van der Waals surface area contributed by atoms with E-state index in [9.17, 15) is 0 Å². The highest BCUT2D eigenvalue weighted by Crippen LogP contribution is 2.75. The van der Waals surface area contributed by atoms with E-state index in [1.807, 2.05) is 0 Å². The molecule has 0 aromatic heterocycles. The Morgan fingerprint density at radius 2 is 1.32 bits per heavy atom. The SMILES string of the molecule is Cc1ccccc1C1=C(P(=O)(C2CCCCC2)C2CCCCC2)C2CCC1C2. The third-order valence-corrected chi connectivity index (χ3v) is 13.1. The van der Waals surface area contributed by atoms with Crippen LogP contribution in [0.5, 0.6) is 0 Å². The van der Waals surface area contributed by atoms with Gasteiger partial charge in [-0.2, -0.15) is 0 Å². The molecule has 0 heterocycles. The van der Waals surface area contributed by atoms with Crippen LogP contribution in [0.2, 0.25) is 0 Å². The number of hydrogen-bond donors (Lipinski definition) is 0. The van der Waals surface area contributed by atoms with Crippen molar-refractivity contribution < 1.29 is 4.57 Å². The summed E-state index contributed by atoms with van der Waals surface area (Å²) in [5.41, 5.74) is 5.40. The number of benzene rings is 1. The van der Waals surface area contributed by atoms with Gasteiger partial charge in [-0.1, -0.05) is 62.8 Å². The molecule has 4 aliphatic rings. The first-order valence-electron chi connectivity index (χ1n) is 12.1. The van der Waals surface area contributed by atoms with Crippen LogP contribution < -0.4 is 0 Å². The Morgan fingerprint density at radius 3 is 1.93 bits per heavy atom. The van der Waals surface area contributed by atoms with Gasteiger partial charge in [0.2, 0.25) is 0 Å². The molecule has 1 aromatic rings. The van der Waals surface area contributed by atoms with Gasteiger partial charge in [0, 0.05) is 11.3 Å². The van der Waals surface area contributed by atoms with Crippen LogP contribution in [0.15, 0.2) is 29.6 Å². The van der Waals surface area contributed by atoms with Crippen molar-refractivity contribution in [2.75, 3.05) is 0 Å². The number of fused-ring (bicyclic) bond motifs is 2. The number of hydrogen-bond acceptors (Lipinski definition) is 1. The normalized spacial score (nSPS) is 29.6. The van der Waals surface area contributed by atoms with Crippen molar-refractivity contribution in [3.05, 3.63) is 40.7 Å². The molecule has 0 saturated heterocycles. The van der Waals surface area contributed by atoms with Gasteiger partial charge in [-0.25, -0.2) is 0 Å². The highest BCUT2D eigenvalue weighted by atomic mass is 31.2. The predicted octanol–water partition coefficient (Wildman–Crippen LogP) is 8.16. The molecular weight excluding hydrogens is 359 g/mol. The quantitative estimate of drug-likeness (QED) is 0.469. The van der Waals surface area contributed by atoms with E-state index in [0.717, 1.165) is 0 Å². The Balaban J connectivity index is 1.67. The van der Waals surface area contributed by atoms with E-state index >= 15 is 4.57 Å². The van der Waals surface area contributed by atoms with Gasteiger partial charge in [0.15, 0.2) is 0 Å². The zero-order valence-electron chi connectivity index (χ0n) is 17.7. The second-order valence-electron chi connectivity index (χ2n) is 10.1. The van der Waals surface area contributed by atoms with E-state index < -0.39 is 7.14 Å². The molecule has 3 fully saturated rings. The van der Waals surface area contributed by atoms with Crippen molar-refractivity contribution >= 4 is 12.7 Å². The summed E-state index contributed by atoms with van der Waals surface area (Å²) in [5, 5.41) is 1.54. The zero-order valence-corrected chi connectivity index (χ0v) is 18.6. The fourth-order valence-electron chi connectivity index (χ4n) is 7.25. The maximum Gasteiger partial charge on any atom is 0.118 e. The minimum atomic E-state index is -2.32. The monoisotopic (exact) mass is 396 g/mol. The third-order valence-electron chi connectivity index (χ3n) is 8.55. The van der Waals surface area contributed by atoms with Crippen LogP contribution in [0.1, 0.15) is 94.6 Å². The molecule has 28 heavy (non-hydrogen) atoms. The topological polar surface area (TPSA) is 17.1 Å². The summed E-state index contributed by atoms with van der Waals surface area (Å²) in [6.07, 6.45) is 16.8. The van der Waals surface area contributed by atoms with E-state index in [2.05, 4.69) is 31.2 Å². The highest BCUT2D eigenvalue weighted by molar-refractivity contribution is 7.69. The number of rotatable bonds is 4. The number of aryl methyl sites for hydroxylation is 1. The maximum absolute atomic E-state index is 15.4. The molecule has 1 aromatic carbocycles. The minimum absolute atomic E-state index is 0.498. The summed E-state index contributed by atoms with van der Waals surface area (Å²) in [4.78, 5) is 0. The van der Waals surface area contributed by atoms with E-state index in [0.29, 0.717) is 23.2 Å². The summed E-state index contributed by atoms with van der Waals surface area (Å²) >= 11 is 0. The molecule has 3 saturated carbocycles. The molecule has 152 valence electrons. The van der Waals surface area contributed by atoms with Crippen molar-refractivity contribution in [2.24, 2.45) is 11.8 Å². The predicted molar refractivity (Wildman–Crippen MR) is 120 cm³/mol. The van der Waals surface area contributed by atoms with Gasteiger partial charge < -0.3 is 4.57 Å². The van der Waals surface area contributed by atoms with Crippen molar-refractivity contribution in [3.8, 4) is 0 Å². The summed E-state index contributed by atoms with van der Waals surface area (Å²) in [6.45, 7) is 2.26. The second-order valence-corrected chi connectivity index (χ2v) is 13.5. The van der Waals surface area contributed by atoms with Crippen molar-refractivity contribution in [3.63, 3.8) is 0 Å². The zero-order chi connectivity index (χ0) is 19.1. The average Bonchev–Trinajstić information content (AvgIpc) is 3.37. The summed E-state index contributed by atoms with van der Waals surface area (Å²) in [6, 6.07) is 8.95. The van der Waals surface area contributed by atoms with Crippen LogP contribution in [0.4, 0.5) is 0 Å². The van der Waals surface area contributed by atoms with Gasteiger partial charge in [0.25, 0.3) is 0 Å². The molecule has 2 bridgehead atoms. The number of allylic oxidation sites excluding steroid dienone is 2. The van der Waals surface area contributed by atoms with Crippen LogP contribution in [0.25, 0.3) is 5.57 Å². The molecule has 0 aliphatic heterocycles. The Morgan fingerprint density at radius 1 is 0.750 bits per heavy atom. The second kappa shape index (κ2) is 7.79. The van der Waals surface area contributed by atoms with E-state index in [1.54, 1.807) is 5.57 Å². The summed E-state index contributed by atoms with van der Waals surface area (Å²) in [5.74, 6) is 1.32. The lowest BCUT2D eigenvalue weighted by Gasteiger charge is -2.42. The smallest absolute Gasteiger partial charge is 0.118 e. The van der Waals surface area contributed by atoms with Gasteiger partial charge in [0.05, 0.1) is 0 Å². The molecule has 2 atom stereocenters. The molecule has 0 spiro atoms. The lowest BCUT2D eigenvalue weighted by molar-refractivity contribution is 0.447. The molecule has 2 unspecified atom stereocenters. The van der Waals surface area contributed by atoms with Crippen LogP contribution in [0.3, 0.4) is 0 Å². The van der Waals surface area contributed by atoms with Crippen LogP contribution in [0, 0.1) is 18.8 Å². The molecule has 1 nitrogen and oxygen atoms in total. The minimum Gasteiger partial charge on any atom is -0.318 e. The van der Waals surface area contributed by atoms with Gasteiger partial charge in [-0.05, 0) is 85.7 Å². The van der Waals surface area contributed by atoms with Crippen LogP contribution in [-0.2, 0) is 4.57 Å². The molecule has 0 N–H and O–H groups in total. The highest BCUT2D eigenvalue weighted by Gasteiger charge is 2.52. The van der Waals surface area contributed by atoms with Gasteiger partial charge in [0.1, 0.15) is 7.14 Å². The Hall–Kier alpha value is -0.810. The van der Waals surface area contributed by atoms with E-state index in [1.165, 1.54) is 99.9 Å². The molecule has 4 aliphatic carbocycles. The molecular formula is C26H37OP. The lowest BCUT2D eigenvalue weighted by atomic mass is 9.89. The largest absolute Gasteiger partial charge is 0.318 e. The van der Waals surface area contributed by atoms with E-state index in [-0.39, 0.29) is 0 Å². The first-order chi connectivity index (χ1) is 13.7. The van der Waals surface area contributed by atoms with Crippen LogP contribution >= 0.6 is 7.14 Å². The average molecular weight is 397 g/mol.